The van der Waals surface area contributed by atoms with Gasteiger partial charge in [-0.2, -0.15) is 10.2 Å². The third-order valence-corrected chi connectivity index (χ3v) is 2.24. The van der Waals surface area contributed by atoms with Crippen LogP contribution in [0.4, 0.5) is 0 Å². The molecule has 2 heterocycles. The van der Waals surface area contributed by atoms with Crippen LogP contribution in [-0.4, -0.2) is 20.0 Å². The van der Waals surface area contributed by atoms with Crippen molar-refractivity contribution in [3.8, 4) is 11.4 Å². The molecule has 5 nitrogen and oxygen atoms in total. The van der Waals surface area contributed by atoms with Gasteiger partial charge in [-0.15, -0.1) is 0 Å². The number of aryl methyl sites for hydroxylation is 1. The normalized spacial score (nSPS) is 10.6. The van der Waals surface area contributed by atoms with E-state index in [0.717, 1.165) is 0 Å². The fourth-order valence-corrected chi connectivity index (χ4v) is 1.58. The van der Waals surface area contributed by atoms with Gasteiger partial charge < -0.3 is 0 Å². The quantitative estimate of drug-likeness (QED) is 0.827. The standard InChI is InChI=1S/C8H6Cl2N4O/c1-14-4(2-7(10)13-14)8-5(15)3-6(9)11-12-8/h2-3H,1H3,(H,11,15). The zero-order chi connectivity index (χ0) is 11.0. The Morgan fingerprint density at radius 2 is 2.13 bits per heavy atom. The minimum atomic E-state index is -0.279. The molecule has 1 N–H and O–H groups in total. The Morgan fingerprint density at radius 1 is 1.40 bits per heavy atom. The van der Waals surface area contributed by atoms with Crippen molar-refractivity contribution in [2.45, 2.75) is 0 Å². The van der Waals surface area contributed by atoms with Gasteiger partial charge in [0.05, 0.1) is 5.69 Å². The van der Waals surface area contributed by atoms with Crippen LogP contribution in [0.25, 0.3) is 11.4 Å². The van der Waals surface area contributed by atoms with E-state index in [1.54, 1.807) is 13.1 Å². The highest BCUT2D eigenvalue weighted by molar-refractivity contribution is 6.29. The maximum atomic E-state index is 11.6. The van der Waals surface area contributed by atoms with Crippen LogP contribution >= 0.6 is 23.2 Å². The predicted octanol–water partition coefficient (Wildman–Crippen LogP) is 1.48. The summed E-state index contributed by atoms with van der Waals surface area (Å²) < 4.78 is 1.48. The Labute approximate surface area is 94.6 Å². The number of hydrogen-bond acceptors (Lipinski definition) is 3. The molecule has 78 valence electrons. The molecule has 0 aliphatic heterocycles. The molecule has 2 aromatic heterocycles. The molecule has 0 saturated heterocycles. The Hall–Kier alpha value is -1.33. The number of H-pyrrole nitrogens is 1. The van der Waals surface area contributed by atoms with E-state index in [2.05, 4.69) is 15.3 Å². The summed E-state index contributed by atoms with van der Waals surface area (Å²) in [4.78, 5) is 11.6. The fraction of sp³-hybridized carbons (Fsp3) is 0.125. The summed E-state index contributed by atoms with van der Waals surface area (Å²) in [6.07, 6.45) is 0. The van der Waals surface area contributed by atoms with Crippen molar-refractivity contribution < 1.29 is 0 Å². The smallest absolute Gasteiger partial charge is 0.211 e. The zero-order valence-corrected chi connectivity index (χ0v) is 9.17. The molecule has 7 heteroatoms. The molecule has 0 unspecified atom stereocenters. The van der Waals surface area contributed by atoms with E-state index < -0.39 is 0 Å². The van der Waals surface area contributed by atoms with E-state index in [1.807, 2.05) is 0 Å². The second-order valence-electron chi connectivity index (χ2n) is 2.90. The van der Waals surface area contributed by atoms with Gasteiger partial charge in [-0.05, 0) is 0 Å². The molecule has 2 aromatic rings. The average molecular weight is 245 g/mol. The molecule has 0 bridgehead atoms. The van der Waals surface area contributed by atoms with Crippen molar-refractivity contribution in [1.29, 1.82) is 0 Å². The van der Waals surface area contributed by atoms with Gasteiger partial charge in [-0.3, -0.25) is 14.6 Å². The second-order valence-corrected chi connectivity index (χ2v) is 3.70. The van der Waals surface area contributed by atoms with Crippen LogP contribution in [0.2, 0.25) is 10.3 Å². The first-order chi connectivity index (χ1) is 7.08. The summed E-state index contributed by atoms with van der Waals surface area (Å²) in [5.41, 5.74) is 0.498. The van der Waals surface area contributed by atoms with Crippen molar-refractivity contribution in [3.63, 3.8) is 0 Å². The van der Waals surface area contributed by atoms with Gasteiger partial charge in [0.25, 0.3) is 0 Å². The van der Waals surface area contributed by atoms with Gasteiger partial charge in [0.1, 0.15) is 5.15 Å². The molecule has 0 saturated carbocycles. The van der Waals surface area contributed by atoms with Crippen LogP contribution in [0, 0.1) is 0 Å². The van der Waals surface area contributed by atoms with Crippen molar-refractivity contribution in [2.24, 2.45) is 7.05 Å². The molecule has 0 aliphatic carbocycles. The van der Waals surface area contributed by atoms with E-state index in [0.29, 0.717) is 10.8 Å². The summed E-state index contributed by atoms with van der Waals surface area (Å²) >= 11 is 11.3. The summed E-state index contributed by atoms with van der Waals surface area (Å²) in [5.74, 6) is 0. The lowest BCUT2D eigenvalue weighted by Crippen LogP contribution is -2.10. The largest absolute Gasteiger partial charge is 0.287 e. The van der Waals surface area contributed by atoms with Gasteiger partial charge in [0, 0.05) is 19.2 Å². The first-order valence-corrected chi connectivity index (χ1v) is 4.78. The Balaban J connectivity index is 2.64. The SMILES string of the molecule is Cn1nc(Cl)cc1-c1n[nH]c(Cl)cc1=O. The van der Waals surface area contributed by atoms with Crippen molar-refractivity contribution in [1.82, 2.24) is 20.0 Å². The highest BCUT2D eigenvalue weighted by atomic mass is 35.5. The number of halogens is 2. The second kappa shape index (κ2) is 3.67. The van der Waals surface area contributed by atoms with Gasteiger partial charge in [0.2, 0.25) is 5.43 Å². The van der Waals surface area contributed by atoms with Crippen LogP contribution in [0.15, 0.2) is 16.9 Å². The molecule has 0 spiro atoms. The number of nitrogens with zero attached hydrogens (tertiary/aromatic N) is 3. The van der Waals surface area contributed by atoms with Crippen molar-refractivity contribution in [3.05, 3.63) is 32.7 Å². The average Bonchev–Trinajstić information content (AvgIpc) is 2.45. The van der Waals surface area contributed by atoms with E-state index >= 15 is 0 Å². The maximum Gasteiger partial charge on any atom is 0.211 e. The topological polar surface area (TPSA) is 63.6 Å². The number of nitrogens with one attached hydrogen (secondary N) is 1. The Bertz CT molecular complexity index is 560. The molecule has 0 amide bonds. The summed E-state index contributed by atoms with van der Waals surface area (Å²) in [6, 6.07) is 2.82. The fourth-order valence-electron chi connectivity index (χ4n) is 1.22. The van der Waals surface area contributed by atoms with Crippen LogP contribution < -0.4 is 5.43 Å². The number of rotatable bonds is 1. The molecular formula is C8H6Cl2N4O. The molecule has 15 heavy (non-hydrogen) atoms. The van der Waals surface area contributed by atoms with Gasteiger partial charge in [-0.25, -0.2) is 0 Å². The molecule has 0 aliphatic rings. The van der Waals surface area contributed by atoms with Gasteiger partial charge >= 0.3 is 0 Å². The first kappa shape index (κ1) is 10.2. The molecule has 0 atom stereocenters. The molecule has 0 fully saturated rings. The Kier molecular flexibility index (Phi) is 2.50. The highest BCUT2D eigenvalue weighted by Gasteiger charge is 2.11. The van der Waals surface area contributed by atoms with E-state index in [1.165, 1.54) is 10.7 Å². The zero-order valence-electron chi connectivity index (χ0n) is 7.66. The predicted molar refractivity (Wildman–Crippen MR) is 57.1 cm³/mol. The van der Waals surface area contributed by atoms with E-state index in [-0.39, 0.29) is 16.3 Å². The summed E-state index contributed by atoms with van der Waals surface area (Å²) in [5, 5.41) is 10.7. The van der Waals surface area contributed by atoms with Crippen molar-refractivity contribution in [2.75, 3.05) is 0 Å². The van der Waals surface area contributed by atoms with Crippen molar-refractivity contribution >= 4 is 23.2 Å². The number of hydrogen-bond donors (Lipinski definition) is 1. The molecular weight excluding hydrogens is 239 g/mol. The summed E-state index contributed by atoms with van der Waals surface area (Å²) in [6.45, 7) is 0. The highest BCUT2D eigenvalue weighted by Crippen LogP contribution is 2.16. The van der Waals surface area contributed by atoms with E-state index in [9.17, 15) is 4.79 Å². The first-order valence-electron chi connectivity index (χ1n) is 4.03. The van der Waals surface area contributed by atoms with Gasteiger partial charge in [0.15, 0.2) is 10.8 Å². The van der Waals surface area contributed by atoms with Crippen LogP contribution in [0.1, 0.15) is 0 Å². The number of aromatic nitrogens is 4. The van der Waals surface area contributed by atoms with Crippen LogP contribution in [0.5, 0.6) is 0 Å². The molecule has 0 radical (unpaired) electrons. The summed E-state index contributed by atoms with van der Waals surface area (Å²) in [7, 11) is 1.68. The van der Waals surface area contributed by atoms with Crippen LogP contribution in [0.3, 0.4) is 0 Å². The number of aromatic amines is 1. The molecule has 2 rings (SSSR count). The monoisotopic (exact) mass is 244 g/mol. The van der Waals surface area contributed by atoms with Gasteiger partial charge in [-0.1, -0.05) is 23.2 Å². The minimum absolute atomic E-state index is 0.192. The Morgan fingerprint density at radius 3 is 2.67 bits per heavy atom. The minimum Gasteiger partial charge on any atom is -0.287 e. The van der Waals surface area contributed by atoms with E-state index in [4.69, 9.17) is 23.2 Å². The van der Waals surface area contributed by atoms with Crippen LogP contribution in [-0.2, 0) is 7.05 Å². The lowest BCUT2D eigenvalue weighted by atomic mass is 10.3. The third kappa shape index (κ3) is 1.88. The molecule has 0 aromatic carbocycles. The maximum absolute atomic E-state index is 11.6. The lowest BCUT2D eigenvalue weighted by Gasteiger charge is -1.99. The third-order valence-electron chi connectivity index (χ3n) is 1.86. The lowest BCUT2D eigenvalue weighted by molar-refractivity contribution is 0.770.